The van der Waals surface area contributed by atoms with E-state index < -0.39 is 0 Å². The number of hydrogen-bond acceptors (Lipinski definition) is 4. The number of carbonyl (C=O) groups is 1. The summed E-state index contributed by atoms with van der Waals surface area (Å²) in [5.74, 6) is -0.306. The first-order valence-corrected chi connectivity index (χ1v) is 6.39. The molecule has 0 aliphatic rings. The van der Waals surface area contributed by atoms with Crippen LogP contribution in [-0.4, -0.2) is 22.9 Å². The lowest BCUT2D eigenvalue weighted by Gasteiger charge is -1.94. The molecule has 0 N–H and O–H groups in total. The predicted molar refractivity (Wildman–Crippen MR) is 71.7 cm³/mol. The number of aromatic nitrogens is 2. The number of ether oxygens (including phenoxy) is 1. The van der Waals surface area contributed by atoms with Crippen LogP contribution in [0, 0.1) is 0 Å². The first-order chi connectivity index (χ1) is 8.74. The van der Waals surface area contributed by atoms with Crippen LogP contribution < -0.4 is 0 Å². The highest BCUT2D eigenvalue weighted by Crippen LogP contribution is 2.27. The van der Waals surface area contributed by atoms with Crippen molar-refractivity contribution in [1.82, 2.24) is 9.78 Å². The van der Waals surface area contributed by atoms with Crippen LogP contribution in [0.5, 0.6) is 0 Å². The lowest BCUT2D eigenvalue weighted by molar-refractivity contribution is 0.0606. The Labute approximate surface area is 110 Å². The number of carbonyl (C=O) groups excluding carboxylic acids is 1. The molecule has 0 radical (unpaired) electrons. The molecule has 0 bridgehead atoms. The van der Waals surface area contributed by atoms with E-state index in [1.807, 2.05) is 42.1 Å². The second-order valence-corrected chi connectivity index (χ2v) is 4.73. The Morgan fingerprint density at radius 3 is 3.06 bits per heavy atom. The summed E-state index contributed by atoms with van der Waals surface area (Å²) in [6, 6.07) is 5.59. The van der Waals surface area contributed by atoms with Crippen molar-refractivity contribution < 1.29 is 9.53 Å². The molecule has 0 fully saturated rings. The van der Waals surface area contributed by atoms with Gasteiger partial charge >= 0.3 is 5.97 Å². The molecule has 4 nitrogen and oxygen atoms in total. The standard InChI is InChI=1S/C13H14N2O2S/c1-3-4-8-15-9-7-10(14-15)11-5-6-12(18-11)13(16)17-2/h3-7,9H,8H2,1-2H3/b4-3+. The van der Waals surface area contributed by atoms with Crippen molar-refractivity contribution in [3.63, 3.8) is 0 Å². The molecule has 0 aromatic carbocycles. The summed E-state index contributed by atoms with van der Waals surface area (Å²) in [4.78, 5) is 12.9. The summed E-state index contributed by atoms with van der Waals surface area (Å²) in [6.07, 6.45) is 5.94. The molecular weight excluding hydrogens is 248 g/mol. The molecule has 0 spiro atoms. The fourth-order valence-electron chi connectivity index (χ4n) is 1.49. The SMILES string of the molecule is C/C=C/Cn1ccc(-c2ccc(C(=O)OC)s2)n1. The minimum Gasteiger partial charge on any atom is -0.465 e. The van der Waals surface area contributed by atoms with Crippen molar-refractivity contribution in [3.05, 3.63) is 41.4 Å². The zero-order chi connectivity index (χ0) is 13.0. The molecule has 2 aromatic heterocycles. The zero-order valence-corrected chi connectivity index (χ0v) is 11.1. The molecule has 5 heteroatoms. The number of thiophene rings is 1. The maximum absolute atomic E-state index is 11.4. The minimum atomic E-state index is -0.306. The van der Waals surface area contributed by atoms with E-state index in [1.165, 1.54) is 18.4 Å². The monoisotopic (exact) mass is 262 g/mol. The van der Waals surface area contributed by atoms with Crippen molar-refractivity contribution in [3.8, 4) is 10.6 Å². The van der Waals surface area contributed by atoms with E-state index >= 15 is 0 Å². The highest BCUT2D eigenvalue weighted by molar-refractivity contribution is 7.17. The first kappa shape index (κ1) is 12.6. The van der Waals surface area contributed by atoms with Crippen molar-refractivity contribution in [2.75, 3.05) is 7.11 Å². The maximum Gasteiger partial charge on any atom is 0.348 e. The largest absolute Gasteiger partial charge is 0.465 e. The average molecular weight is 262 g/mol. The molecule has 0 saturated heterocycles. The van der Waals surface area contributed by atoms with Gasteiger partial charge in [-0.05, 0) is 25.1 Å². The summed E-state index contributed by atoms with van der Waals surface area (Å²) in [7, 11) is 1.38. The Bertz CT molecular complexity index is 569. The quantitative estimate of drug-likeness (QED) is 0.628. The molecule has 0 atom stereocenters. The third-order valence-electron chi connectivity index (χ3n) is 2.41. The molecule has 0 aliphatic heterocycles. The van der Waals surface area contributed by atoms with Crippen LogP contribution in [0.2, 0.25) is 0 Å². The Kier molecular flexibility index (Phi) is 3.94. The molecule has 0 aliphatic carbocycles. The van der Waals surface area contributed by atoms with Crippen LogP contribution in [0.15, 0.2) is 36.5 Å². The third kappa shape index (κ3) is 2.68. The number of rotatable bonds is 4. The minimum absolute atomic E-state index is 0.306. The Balaban J connectivity index is 2.18. The summed E-state index contributed by atoms with van der Waals surface area (Å²) in [5.41, 5.74) is 0.875. The summed E-state index contributed by atoms with van der Waals surface area (Å²) < 4.78 is 6.53. The highest BCUT2D eigenvalue weighted by Gasteiger charge is 2.11. The van der Waals surface area contributed by atoms with E-state index in [9.17, 15) is 4.79 Å². The molecule has 0 unspecified atom stereocenters. The normalized spacial score (nSPS) is 11.0. The van der Waals surface area contributed by atoms with Crippen molar-refractivity contribution in [2.24, 2.45) is 0 Å². The second-order valence-electron chi connectivity index (χ2n) is 3.65. The van der Waals surface area contributed by atoms with Crippen LogP contribution in [0.1, 0.15) is 16.6 Å². The summed E-state index contributed by atoms with van der Waals surface area (Å²) >= 11 is 1.39. The topological polar surface area (TPSA) is 44.1 Å². The van der Waals surface area contributed by atoms with Gasteiger partial charge in [0.05, 0.1) is 18.5 Å². The predicted octanol–water partition coefficient (Wildman–Crippen LogP) is 2.97. The van der Waals surface area contributed by atoms with Gasteiger partial charge in [0.2, 0.25) is 0 Å². The van der Waals surface area contributed by atoms with E-state index in [4.69, 9.17) is 0 Å². The molecule has 2 aromatic rings. The second kappa shape index (κ2) is 5.64. The maximum atomic E-state index is 11.4. The molecule has 2 rings (SSSR count). The van der Waals surface area contributed by atoms with Crippen LogP contribution in [0.25, 0.3) is 10.6 Å². The van der Waals surface area contributed by atoms with Crippen LogP contribution in [0.3, 0.4) is 0 Å². The van der Waals surface area contributed by atoms with Gasteiger partial charge in [0.15, 0.2) is 0 Å². The van der Waals surface area contributed by atoms with Gasteiger partial charge in [0.25, 0.3) is 0 Å². The summed E-state index contributed by atoms with van der Waals surface area (Å²) in [5, 5.41) is 4.44. The lowest BCUT2D eigenvalue weighted by Crippen LogP contribution is -1.96. The van der Waals surface area contributed by atoms with E-state index in [2.05, 4.69) is 9.84 Å². The Morgan fingerprint density at radius 1 is 1.50 bits per heavy atom. The smallest absolute Gasteiger partial charge is 0.348 e. The number of methoxy groups -OCH3 is 1. The Hall–Kier alpha value is -1.88. The molecule has 94 valence electrons. The number of hydrogen-bond donors (Lipinski definition) is 0. The van der Waals surface area contributed by atoms with Crippen LogP contribution >= 0.6 is 11.3 Å². The van der Waals surface area contributed by atoms with Gasteiger partial charge in [0.1, 0.15) is 10.6 Å². The number of esters is 1. The Morgan fingerprint density at radius 2 is 2.33 bits per heavy atom. The molecular formula is C13H14N2O2S. The van der Waals surface area contributed by atoms with E-state index in [-0.39, 0.29) is 5.97 Å². The van der Waals surface area contributed by atoms with Crippen LogP contribution in [0.4, 0.5) is 0 Å². The van der Waals surface area contributed by atoms with Crippen molar-refractivity contribution in [2.45, 2.75) is 13.5 Å². The van der Waals surface area contributed by atoms with Crippen LogP contribution in [-0.2, 0) is 11.3 Å². The average Bonchev–Trinajstić information content (AvgIpc) is 3.03. The van der Waals surface area contributed by atoms with E-state index in [0.717, 1.165) is 17.1 Å². The molecule has 2 heterocycles. The fourth-order valence-corrected chi connectivity index (χ4v) is 2.38. The highest BCUT2D eigenvalue weighted by atomic mass is 32.1. The first-order valence-electron chi connectivity index (χ1n) is 5.57. The van der Waals surface area contributed by atoms with E-state index in [1.54, 1.807) is 6.07 Å². The fraction of sp³-hybridized carbons (Fsp3) is 0.231. The summed E-state index contributed by atoms with van der Waals surface area (Å²) in [6.45, 7) is 2.73. The molecule has 0 saturated carbocycles. The van der Waals surface area contributed by atoms with E-state index in [0.29, 0.717) is 4.88 Å². The van der Waals surface area contributed by atoms with Gasteiger partial charge in [0, 0.05) is 6.20 Å². The van der Waals surface area contributed by atoms with Crippen molar-refractivity contribution >= 4 is 17.3 Å². The third-order valence-corrected chi connectivity index (χ3v) is 3.50. The zero-order valence-electron chi connectivity index (χ0n) is 10.3. The lowest BCUT2D eigenvalue weighted by atomic mass is 10.3. The van der Waals surface area contributed by atoms with Gasteiger partial charge in [-0.25, -0.2) is 4.79 Å². The van der Waals surface area contributed by atoms with Gasteiger partial charge in [-0.3, -0.25) is 4.68 Å². The van der Waals surface area contributed by atoms with Gasteiger partial charge < -0.3 is 4.74 Å². The van der Waals surface area contributed by atoms with Gasteiger partial charge in [-0.2, -0.15) is 5.10 Å². The molecule has 18 heavy (non-hydrogen) atoms. The number of allylic oxidation sites excluding steroid dienone is 2. The molecule has 0 amide bonds. The van der Waals surface area contributed by atoms with Gasteiger partial charge in [-0.1, -0.05) is 12.2 Å². The van der Waals surface area contributed by atoms with Gasteiger partial charge in [-0.15, -0.1) is 11.3 Å². The van der Waals surface area contributed by atoms with Crippen molar-refractivity contribution in [1.29, 1.82) is 0 Å². The number of nitrogens with zero attached hydrogens (tertiary/aromatic N) is 2.